The third-order valence-corrected chi connectivity index (χ3v) is 5.80. The van der Waals surface area contributed by atoms with E-state index in [1.807, 2.05) is 6.92 Å². The Balaban J connectivity index is 1.61. The Kier molecular flexibility index (Phi) is 5.78. The zero-order valence-electron chi connectivity index (χ0n) is 16.3. The van der Waals surface area contributed by atoms with Crippen molar-refractivity contribution in [2.75, 3.05) is 29.6 Å². The number of anilines is 2. The van der Waals surface area contributed by atoms with Crippen LogP contribution in [-0.2, 0) is 26.0 Å². The zero-order valence-corrected chi connectivity index (χ0v) is 17.2. The van der Waals surface area contributed by atoms with E-state index in [1.165, 1.54) is 10.4 Å². The number of hydrogen-bond donors (Lipinski definition) is 1. The van der Waals surface area contributed by atoms with E-state index in [1.54, 1.807) is 43.5 Å². The van der Waals surface area contributed by atoms with E-state index in [4.69, 9.17) is 9.47 Å². The Morgan fingerprint density at radius 3 is 2.48 bits per heavy atom. The lowest BCUT2D eigenvalue weighted by Gasteiger charge is -2.21. The van der Waals surface area contributed by atoms with Crippen LogP contribution in [0.2, 0.25) is 0 Å². The summed E-state index contributed by atoms with van der Waals surface area (Å²) in [4.78, 5) is 24.3. The number of hydrogen-bond acceptors (Lipinski definition) is 6. The number of carbonyl (C=O) groups is 2. The van der Waals surface area contributed by atoms with Gasteiger partial charge >= 0.3 is 5.97 Å². The summed E-state index contributed by atoms with van der Waals surface area (Å²) < 4.78 is 35.4. The van der Waals surface area contributed by atoms with E-state index < -0.39 is 28.5 Å². The molecule has 0 fully saturated rings. The molecule has 0 saturated carbocycles. The number of sulfonamides is 1. The number of nitrogens with zero attached hydrogens (tertiary/aromatic N) is 1. The van der Waals surface area contributed by atoms with Crippen molar-refractivity contribution in [3.05, 3.63) is 53.6 Å². The highest BCUT2D eigenvalue weighted by molar-refractivity contribution is 7.92. The maximum atomic E-state index is 12.3. The van der Waals surface area contributed by atoms with Gasteiger partial charge in [-0.2, -0.15) is 0 Å². The average Bonchev–Trinajstić information content (AvgIpc) is 3.01. The first-order valence-electron chi connectivity index (χ1n) is 8.92. The molecule has 0 aromatic heterocycles. The van der Waals surface area contributed by atoms with Crippen LogP contribution in [0, 0.1) is 0 Å². The van der Waals surface area contributed by atoms with Gasteiger partial charge in [-0.25, -0.2) is 13.2 Å². The van der Waals surface area contributed by atoms with Gasteiger partial charge in [0.15, 0.2) is 6.61 Å². The predicted molar refractivity (Wildman–Crippen MR) is 109 cm³/mol. The van der Waals surface area contributed by atoms with E-state index in [0.717, 1.165) is 11.8 Å². The highest BCUT2D eigenvalue weighted by atomic mass is 32.2. The molecule has 2 aromatic rings. The van der Waals surface area contributed by atoms with Gasteiger partial charge in [0.25, 0.3) is 5.91 Å². The number of carbonyl (C=O) groups excluding carboxylic acids is 2. The topological polar surface area (TPSA) is 102 Å². The minimum atomic E-state index is -3.40. The van der Waals surface area contributed by atoms with Crippen LogP contribution < -0.4 is 14.4 Å². The second kappa shape index (κ2) is 8.12. The van der Waals surface area contributed by atoms with Crippen LogP contribution >= 0.6 is 0 Å². The molecule has 2 aromatic carbocycles. The highest BCUT2D eigenvalue weighted by Crippen LogP contribution is 2.34. The van der Waals surface area contributed by atoms with Gasteiger partial charge in [-0.1, -0.05) is 0 Å². The summed E-state index contributed by atoms with van der Waals surface area (Å²) in [6.07, 6.45) is 1.66. The van der Waals surface area contributed by atoms with Crippen LogP contribution in [0.25, 0.3) is 0 Å². The maximum absolute atomic E-state index is 12.3. The van der Waals surface area contributed by atoms with E-state index in [2.05, 4.69) is 5.32 Å². The molecule has 3 rings (SSSR count). The summed E-state index contributed by atoms with van der Waals surface area (Å²) >= 11 is 0. The minimum Gasteiger partial charge on any atom is -0.497 e. The molecule has 0 aliphatic carbocycles. The first-order valence-corrected chi connectivity index (χ1v) is 10.8. The Labute approximate surface area is 169 Å². The van der Waals surface area contributed by atoms with Gasteiger partial charge in [0.2, 0.25) is 10.0 Å². The van der Waals surface area contributed by atoms with Crippen molar-refractivity contribution in [1.29, 1.82) is 0 Å². The molecule has 0 radical (unpaired) electrons. The van der Waals surface area contributed by atoms with Crippen LogP contribution in [0.4, 0.5) is 11.4 Å². The molecule has 1 atom stereocenters. The number of fused-ring (bicyclic) bond motifs is 1. The lowest BCUT2D eigenvalue weighted by atomic mass is 10.1. The second-order valence-electron chi connectivity index (χ2n) is 6.81. The molecule has 8 nitrogen and oxygen atoms in total. The number of nitrogens with one attached hydrogen (secondary N) is 1. The molecule has 1 aliphatic rings. The molecule has 0 unspecified atom stereocenters. The standard InChI is InChI=1S/C20H22N2O6S/c1-13-10-15-11-14(4-9-18(15)22(13)29(3,25)26)20(24)28-12-19(23)21-16-5-7-17(27-2)8-6-16/h4-9,11,13H,10,12H2,1-3H3,(H,21,23)/t13-/m0/s1. The lowest BCUT2D eigenvalue weighted by molar-refractivity contribution is -0.119. The van der Waals surface area contributed by atoms with Crippen LogP contribution in [0.15, 0.2) is 42.5 Å². The largest absolute Gasteiger partial charge is 0.497 e. The van der Waals surface area contributed by atoms with Crippen LogP contribution in [0.5, 0.6) is 5.75 Å². The van der Waals surface area contributed by atoms with E-state index in [-0.39, 0.29) is 11.6 Å². The Hall–Kier alpha value is -3.07. The Morgan fingerprint density at radius 1 is 1.17 bits per heavy atom. The van der Waals surface area contributed by atoms with Crippen LogP contribution in [-0.4, -0.2) is 46.3 Å². The number of ether oxygens (including phenoxy) is 2. The molecular formula is C20H22N2O6S. The fourth-order valence-electron chi connectivity index (χ4n) is 3.32. The smallest absolute Gasteiger partial charge is 0.338 e. The van der Waals surface area contributed by atoms with Gasteiger partial charge in [-0.05, 0) is 61.4 Å². The van der Waals surface area contributed by atoms with Crippen molar-refractivity contribution < 1.29 is 27.5 Å². The summed E-state index contributed by atoms with van der Waals surface area (Å²) in [5.41, 5.74) is 2.14. The Bertz CT molecular complexity index is 1030. The molecule has 0 bridgehead atoms. The molecule has 29 heavy (non-hydrogen) atoms. The van der Waals surface area contributed by atoms with Crippen LogP contribution in [0.1, 0.15) is 22.8 Å². The number of methoxy groups -OCH3 is 1. The van der Waals surface area contributed by atoms with Crippen molar-refractivity contribution in [3.8, 4) is 5.75 Å². The highest BCUT2D eigenvalue weighted by Gasteiger charge is 2.32. The molecule has 154 valence electrons. The van der Waals surface area contributed by atoms with Crippen molar-refractivity contribution in [3.63, 3.8) is 0 Å². The van der Waals surface area contributed by atoms with Crippen molar-refractivity contribution in [2.24, 2.45) is 0 Å². The monoisotopic (exact) mass is 418 g/mol. The number of esters is 1. The fourth-order valence-corrected chi connectivity index (χ4v) is 4.58. The summed E-state index contributed by atoms with van der Waals surface area (Å²) in [5.74, 6) is -0.459. The second-order valence-corrected chi connectivity index (χ2v) is 8.67. The van der Waals surface area contributed by atoms with Gasteiger partial charge in [0, 0.05) is 11.7 Å². The maximum Gasteiger partial charge on any atom is 0.338 e. The number of benzene rings is 2. The minimum absolute atomic E-state index is 0.221. The summed E-state index contributed by atoms with van der Waals surface area (Å²) in [6, 6.07) is 11.2. The molecule has 1 heterocycles. The summed E-state index contributed by atoms with van der Waals surface area (Å²) in [6.45, 7) is 1.37. The predicted octanol–water partition coefficient (Wildman–Crippen LogP) is 2.20. The van der Waals surface area contributed by atoms with Crippen LogP contribution in [0.3, 0.4) is 0 Å². The fraction of sp³-hybridized carbons (Fsp3) is 0.300. The summed E-state index contributed by atoms with van der Waals surface area (Å²) in [5, 5.41) is 2.62. The van der Waals surface area contributed by atoms with Gasteiger partial charge in [0.1, 0.15) is 5.75 Å². The summed E-state index contributed by atoms with van der Waals surface area (Å²) in [7, 11) is -1.85. The molecular weight excluding hydrogens is 396 g/mol. The van der Waals surface area contributed by atoms with Gasteiger partial charge in [-0.15, -0.1) is 0 Å². The molecule has 0 spiro atoms. The van der Waals surface area contributed by atoms with E-state index in [0.29, 0.717) is 23.5 Å². The van der Waals surface area contributed by atoms with Gasteiger partial charge < -0.3 is 14.8 Å². The third kappa shape index (κ3) is 4.68. The number of amides is 1. The first kappa shape index (κ1) is 20.7. The van der Waals surface area contributed by atoms with Crippen molar-refractivity contribution >= 4 is 33.3 Å². The normalized spacial score (nSPS) is 15.6. The van der Waals surface area contributed by atoms with E-state index >= 15 is 0 Å². The van der Waals surface area contributed by atoms with Gasteiger partial charge in [-0.3, -0.25) is 9.10 Å². The van der Waals surface area contributed by atoms with Crippen molar-refractivity contribution in [2.45, 2.75) is 19.4 Å². The van der Waals surface area contributed by atoms with Gasteiger partial charge in [0.05, 0.1) is 24.6 Å². The van der Waals surface area contributed by atoms with Crippen molar-refractivity contribution in [1.82, 2.24) is 0 Å². The lowest BCUT2D eigenvalue weighted by Crippen LogP contribution is -2.34. The first-order chi connectivity index (χ1) is 13.7. The van der Waals surface area contributed by atoms with E-state index in [9.17, 15) is 18.0 Å². The molecule has 0 saturated heterocycles. The molecule has 1 amide bonds. The number of rotatable bonds is 6. The molecule has 1 N–H and O–H groups in total. The quantitative estimate of drug-likeness (QED) is 0.722. The average molecular weight is 418 g/mol. The zero-order chi connectivity index (χ0) is 21.2. The third-order valence-electron chi connectivity index (χ3n) is 4.53. The molecule has 1 aliphatic heterocycles. The SMILES string of the molecule is COc1ccc(NC(=O)COC(=O)c2ccc3c(c2)C[C@H](C)N3S(C)(=O)=O)cc1. The Morgan fingerprint density at radius 2 is 1.86 bits per heavy atom. The molecule has 9 heteroatoms.